The summed E-state index contributed by atoms with van der Waals surface area (Å²) in [6.45, 7) is 50.5. The number of fused-ring (bicyclic) bond motifs is 1. The molecule has 88 heavy (non-hydrogen) atoms. The van der Waals surface area contributed by atoms with Gasteiger partial charge in [0.25, 0.3) is 6.47 Å². The Hall–Kier alpha value is -4.10. The van der Waals surface area contributed by atoms with Crippen molar-refractivity contribution in [2.75, 3.05) is 40.8 Å². The van der Waals surface area contributed by atoms with Crippen molar-refractivity contribution in [1.29, 1.82) is 0 Å². The third-order valence-electron chi connectivity index (χ3n) is 15.1. The molecule has 0 radical (unpaired) electrons. The number of benzene rings is 4. The molecule has 3 atom stereocenters. The number of aliphatic imine (C=N–C) groups is 1. The number of carbonyl (C=O) groups is 2. The van der Waals surface area contributed by atoms with Crippen LogP contribution in [-0.2, 0) is 14.3 Å². The molecule has 0 spiro atoms. The summed E-state index contributed by atoms with van der Waals surface area (Å²) >= 11 is 6.96. The minimum atomic E-state index is -0.271. The second-order valence-corrected chi connectivity index (χ2v) is 22.8. The largest absolute Gasteiger partial charge is 0.493 e. The van der Waals surface area contributed by atoms with Gasteiger partial charge < -0.3 is 24.5 Å². The first kappa shape index (κ1) is 90.3. The van der Waals surface area contributed by atoms with Gasteiger partial charge in [-0.1, -0.05) is 209 Å². The fourth-order valence-electron chi connectivity index (χ4n) is 9.43. The van der Waals surface area contributed by atoms with Crippen LogP contribution in [0, 0.1) is 75.1 Å². The molecule has 0 bridgehead atoms. The predicted molar refractivity (Wildman–Crippen MR) is 386 cm³/mol. The van der Waals surface area contributed by atoms with Crippen molar-refractivity contribution in [3.63, 3.8) is 0 Å². The zero-order chi connectivity index (χ0) is 66.9. The SMILES string of the molecule is CC.CC.CC/C=C(C)\C(=C(\C)C(C)CC)c1c(Cl)ccc(/C(CCCOc2cccc3cc(F)ccc23)=C(\CC)OC=O)c1C.CCC(C)C.CCCC(C)CC.CCCN(C)CCC.CN=C/C(C)=C/c1cc(C(C=O)CC[CH-]NC)ccc1C.[U]. The van der Waals surface area contributed by atoms with Gasteiger partial charge in [-0.2, -0.15) is 6.42 Å². The van der Waals surface area contributed by atoms with Crippen LogP contribution in [0.1, 0.15) is 254 Å². The smallest absolute Gasteiger partial charge is 0.298 e. The van der Waals surface area contributed by atoms with Crippen molar-refractivity contribution in [2.45, 2.75) is 235 Å². The van der Waals surface area contributed by atoms with Crippen molar-refractivity contribution in [1.82, 2.24) is 10.2 Å². The van der Waals surface area contributed by atoms with Crippen LogP contribution in [0.3, 0.4) is 0 Å². The van der Waals surface area contributed by atoms with Crippen LogP contribution in [-0.4, -0.2) is 64.7 Å². The summed E-state index contributed by atoms with van der Waals surface area (Å²) in [7, 11) is 5.82. The molecule has 10 heteroatoms. The fourth-order valence-corrected chi connectivity index (χ4v) is 9.73. The van der Waals surface area contributed by atoms with Crippen LogP contribution in [0.5, 0.6) is 5.75 Å². The zero-order valence-electron chi connectivity index (χ0n) is 60.2. The summed E-state index contributed by atoms with van der Waals surface area (Å²) < 4.78 is 25.4. The van der Waals surface area contributed by atoms with E-state index in [-0.39, 0.29) is 42.8 Å². The van der Waals surface area contributed by atoms with E-state index in [9.17, 15) is 14.0 Å². The first-order chi connectivity index (χ1) is 41.7. The van der Waals surface area contributed by atoms with Crippen molar-refractivity contribution in [3.05, 3.63) is 146 Å². The molecule has 0 heterocycles. The van der Waals surface area contributed by atoms with Crippen molar-refractivity contribution in [2.24, 2.45) is 22.7 Å². The van der Waals surface area contributed by atoms with Crippen molar-refractivity contribution in [3.8, 4) is 5.75 Å². The van der Waals surface area contributed by atoms with E-state index in [4.69, 9.17) is 21.1 Å². The molecule has 496 valence electrons. The van der Waals surface area contributed by atoms with Gasteiger partial charge in [-0.25, -0.2) is 4.39 Å². The van der Waals surface area contributed by atoms with E-state index in [1.54, 1.807) is 13.1 Å². The molecule has 4 rings (SSSR count). The molecule has 4 aromatic carbocycles. The minimum absolute atomic E-state index is 0. The Labute approximate surface area is 569 Å². The van der Waals surface area contributed by atoms with Gasteiger partial charge in [0.2, 0.25) is 0 Å². The number of hydrogen-bond acceptors (Lipinski definition) is 7. The molecule has 0 aliphatic carbocycles. The van der Waals surface area contributed by atoms with Crippen LogP contribution in [0.15, 0.2) is 100 Å². The molecule has 4 aromatic rings. The normalized spacial score (nSPS) is 12.6. The second kappa shape index (κ2) is 56.9. The Morgan fingerprint density at radius 3 is 1.95 bits per heavy atom. The van der Waals surface area contributed by atoms with Crippen LogP contribution in [0.25, 0.3) is 28.0 Å². The number of nitrogens with zero attached hydrogens (tertiary/aromatic N) is 2. The van der Waals surface area contributed by atoms with Gasteiger partial charge in [0.1, 0.15) is 23.6 Å². The third kappa shape index (κ3) is 36.7. The molecule has 0 aromatic heterocycles. The van der Waals surface area contributed by atoms with Crippen LogP contribution in [0.2, 0.25) is 5.02 Å². The van der Waals surface area contributed by atoms with E-state index in [0.717, 1.165) is 99.3 Å². The van der Waals surface area contributed by atoms with Gasteiger partial charge in [0, 0.05) is 72.7 Å². The van der Waals surface area contributed by atoms with Gasteiger partial charge in [-0.05, 0) is 204 Å². The van der Waals surface area contributed by atoms with Gasteiger partial charge in [0.15, 0.2) is 0 Å². The number of carbonyl (C=O) groups excluding carboxylic acids is 2. The maximum atomic E-state index is 13.7. The standard InChI is InChI=1S/C37H44ClFO3.C18H25N2O.C7H17N.C7H16.C5H12.2C2H6.U/c1-8-13-25(5)36(26(6)24(4)9-2)37-27(7)30(19-20-33(37)38)32(34(10-3)42-23-40)15-12-21-41-35-16-11-14-28-22-29(39)17-18-31(28)35;1-14(12-20-4)10-18-11-16(8-7-15(18)2)17(13-21)6-5-9-19-3;1-4-6-8(3)7-5-2;1-4-6-7(3)5-2;1-4-5(2)3;2*1-2;/h11,13-14,16-20,22-24H,8-10,12,15,21H2,1-7H3;7-13,17,19H,5-6H2,1-4H3;4-7H2,1-3H3;7H,4-6H2,1-3H3;5H,4H2,1-3H3;2*1-2H3;/q;-1;;;;;;/b25-13-,34-32+,36-26+;14-10+,20-12?;;;;;;. The Morgan fingerprint density at radius 1 is 0.818 bits per heavy atom. The molecular weight excluding hydrogens is 1340 g/mol. The Kier molecular flexibility index (Phi) is 58.4. The van der Waals surface area contributed by atoms with E-state index in [0.29, 0.717) is 49.0 Å². The van der Waals surface area contributed by atoms with Crippen molar-refractivity contribution >= 4 is 58.6 Å². The molecule has 3 unspecified atom stereocenters. The quantitative estimate of drug-likeness (QED) is 0.0140. The number of aryl methyl sites for hydroxylation is 1. The maximum absolute atomic E-state index is 13.7. The first-order valence-corrected chi connectivity index (χ1v) is 33.7. The minimum Gasteiger partial charge on any atom is -0.493 e. The number of ether oxygens (including phenoxy) is 2. The average molecular weight is 1460 g/mol. The molecule has 0 saturated carbocycles. The molecule has 0 fully saturated rings. The Morgan fingerprint density at radius 2 is 1.45 bits per heavy atom. The van der Waals surface area contributed by atoms with E-state index >= 15 is 0 Å². The number of aldehydes is 1. The topological polar surface area (TPSA) is 80.2 Å². The monoisotopic (exact) mass is 1460 g/mol. The third-order valence-corrected chi connectivity index (χ3v) is 15.4. The van der Waals surface area contributed by atoms with Gasteiger partial charge in [-0.3, -0.25) is 16.3 Å². The van der Waals surface area contributed by atoms with Crippen molar-refractivity contribution < 1.29 is 54.6 Å². The van der Waals surface area contributed by atoms with Crippen LogP contribution in [0.4, 0.5) is 4.39 Å². The molecule has 0 aliphatic heterocycles. The molecule has 0 aliphatic rings. The molecule has 0 amide bonds. The van der Waals surface area contributed by atoms with Crippen LogP contribution < -0.4 is 10.1 Å². The first-order valence-electron chi connectivity index (χ1n) is 33.3. The van der Waals surface area contributed by atoms with E-state index in [1.165, 1.54) is 86.0 Å². The summed E-state index contributed by atoms with van der Waals surface area (Å²) in [6, 6.07) is 20.6. The summed E-state index contributed by atoms with van der Waals surface area (Å²) in [6.07, 6.45) is 20.8. The van der Waals surface area contributed by atoms with E-state index in [2.05, 4.69) is 150 Å². The summed E-state index contributed by atoms with van der Waals surface area (Å²) in [4.78, 5) is 29.2. The van der Waals surface area contributed by atoms with E-state index in [1.807, 2.05) is 97.7 Å². The fraction of sp³-hybridized carbons (Fsp3) is 0.564. The molecule has 7 nitrogen and oxygen atoms in total. The molecule has 1 N–H and O–H groups in total. The molecule has 0 saturated heterocycles. The average Bonchev–Trinajstić information content (AvgIpc) is 1.32. The molecular formula is C78H126ClFN3O4U-. The van der Waals surface area contributed by atoms with Gasteiger partial charge in [0.05, 0.1) is 6.61 Å². The Bertz CT molecular complexity index is 2610. The number of halogens is 2. The Balaban J connectivity index is -0.000000631. The van der Waals surface area contributed by atoms with Crippen LogP contribution >= 0.6 is 11.6 Å². The summed E-state index contributed by atoms with van der Waals surface area (Å²) in [5, 5.41) is 5.38. The number of allylic oxidation sites excluding steroid dienone is 7. The summed E-state index contributed by atoms with van der Waals surface area (Å²) in [5.41, 5.74) is 12.3. The second-order valence-electron chi connectivity index (χ2n) is 22.4. The van der Waals surface area contributed by atoms with Gasteiger partial charge >= 0.3 is 0 Å². The number of nitrogens with one attached hydrogen (secondary N) is 1. The maximum Gasteiger partial charge on any atom is 0.298 e. The van der Waals surface area contributed by atoms with Gasteiger partial charge in [-0.15, -0.1) is 0 Å². The number of hydrogen-bond donors (Lipinski definition) is 1. The number of rotatable bonds is 30. The van der Waals surface area contributed by atoms with E-state index < -0.39 is 0 Å². The predicted octanol–water partition coefficient (Wildman–Crippen LogP) is 23.5. The zero-order valence-corrected chi connectivity index (χ0v) is 65.1. The summed E-state index contributed by atoms with van der Waals surface area (Å²) in [5.74, 6) is 3.28.